The van der Waals surface area contributed by atoms with E-state index in [-0.39, 0.29) is 5.44 Å². The second-order valence-electron chi connectivity index (χ2n) is 6.48. The highest BCUT2D eigenvalue weighted by Gasteiger charge is 2.46. The third-order valence-electron chi connectivity index (χ3n) is 4.56. The molecule has 0 saturated carbocycles. The molecule has 1 aliphatic rings. The molecule has 1 heterocycles. The highest BCUT2D eigenvalue weighted by Crippen LogP contribution is 2.39. The van der Waals surface area contributed by atoms with Crippen molar-refractivity contribution in [2.45, 2.75) is 47.9 Å². The lowest BCUT2D eigenvalue weighted by Crippen LogP contribution is -2.57. The van der Waals surface area contributed by atoms with Gasteiger partial charge in [0, 0.05) is 17.7 Å². The van der Waals surface area contributed by atoms with Gasteiger partial charge in [-0.25, -0.2) is 0 Å². The molecule has 25 heavy (non-hydrogen) atoms. The Labute approximate surface area is 152 Å². The van der Waals surface area contributed by atoms with Gasteiger partial charge in [-0.2, -0.15) is 0 Å². The average molecular weight is 360 g/mol. The molecule has 5 heteroatoms. The fourth-order valence-electron chi connectivity index (χ4n) is 3.21. The lowest BCUT2D eigenvalue weighted by atomic mass is 9.82. The van der Waals surface area contributed by atoms with Crippen molar-refractivity contribution in [1.82, 2.24) is 0 Å². The van der Waals surface area contributed by atoms with Crippen LogP contribution in [0.4, 0.5) is 0 Å². The Morgan fingerprint density at radius 3 is 2.48 bits per heavy atom. The van der Waals surface area contributed by atoms with Crippen LogP contribution in [0, 0.1) is 0 Å². The molecular weight excluding hydrogens is 336 g/mol. The van der Waals surface area contributed by atoms with Crippen LogP contribution in [0.25, 0.3) is 0 Å². The van der Waals surface area contributed by atoms with Crippen molar-refractivity contribution in [3.8, 4) is 5.75 Å². The summed E-state index contributed by atoms with van der Waals surface area (Å²) in [6.45, 7) is 1.81. The zero-order valence-corrected chi connectivity index (χ0v) is 15.3. The van der Waals surface area contributed by atoms with Crippen LogP contribution in [0.3, 0.4) is 0 Å². The molecule has 0 radical (unpaired) electrons. The van der Waals surface area contributed by atoms with E-state index in [1.54, 1.807) is 25.8 Å². The number of ether oxygens (including phenoxy) is 2. The molecule has 1 fully saturated rings. The number of methoxy groups -OCH3 is 1. The Bertz CT molecular complexity index is 676. The summed E-state index contributed by atoms with van der Waals surface area (Å²) in [7, 11) is 1.64. The predicted molar refractivity (Wildman–Crippen MR) is 98.9 cm³/mol. The normalized spacial score (nSPS) is 29.4. The average Bonchev–Trinajstić information content (AvgIpc) is 2.61. The lowest BCUT2D eigenvalue weighted by molar-refractivity contribution is -0.191. The highest BCUT2D eigenvalue weighted by atomic mass is 32.2. The third kappa shape index (κ3) is 4.36. The fourth-order valence-corrected chi connectivity index (χ4v) is 4.41. The maximum atomic E-state index is 11.1. The van der Waals surface area contributed by atoms with Gasteiger partial charge < -0.3 is 19.7 Å². The lowest BCUT2D eigenvalue weighted by Gasteiger charge is -2.44. The molecule has 4 atom stereocenters. The fraction of sp³-hybridized carbons (Fsp3) is 0.400. The molecule has 0 spiro atoms. The van der Waals surface area contributed by atoms with Crippen molar-refractivity contribution in [2.24, 2.45) is 0 Å². The van der Waals surface area contributed by atoms with Crippen molar-refractivity contribution < 1.29 is 19.7 Å². The molecule has 2 N–H and O–H groups in total. The van der Waals surface area contributed by atoms with Crippen molar-refractivity contribution in [2.75, 3.05) is 7.11 Å². The first-order chi connectivity index (χ1) is 12.0. The van der Waals surface area contributed by atoms with Crippen molar-refractivity contribution >= 4 is 11.8 Å². The van der Waals surface area contributed by atoms with E-state index in [1.807, 2.05) is 54.6 Å². The second-order valence-corrected chi connectivity index (χ2v) is 7.71. The maximum absolute atomic E-state index is 11.1. The van der Waals surface area contributed by atoms with Crippen LogP contribution in [0.2, 0.25) is 0 Å². The zero-order valence-electron chi connectivity index (χ0n) is 14.5. The zero-order chi connectivity index (χ0) is 17.9. The molecule has 0 unspecified atom stereocenters. The number of hydrogen-bond donors (Lipinski definition) is 2. The number of aliphatic hydroxyl groups excluding tert-OH is 1. The number of aliphatic hydroxyl groups is 2. The molecule has 0 aliphatic carbocycles. The minimum atomic E-state index is -1.21. The van der Waals surface area contributed by atoms with E-state index in [2.05, 4.69) is 0 Å². The van der Waals surface area contributed by atoms with Gasteiger partial charge in [-0.3, -0.25) is 0 Å². The van der Waals surface area contributed by atoms with E-state index in [9.17, 15) is 10.2 Å². The largest absolute Gasteiger partial charge is 0.497 e. The monoisotopic (exact) mass is 360 g/mol. The van der Waals surface area contributed by atoms with Crippen LogP contribution in [0.5, 0.6) is 5.75 Å². The molecule has 0 aromatic heterocycles. The van der Waals surface area contributed by atoms with Crippen LogP contribution in [0.1, 0.15) is 18.9 Å². The summed E-state index contributed by atoms with van der Waals surface area (Å²) in [5.41, 5.74) is -0.421. The Morgan fingerprint density at radius 1 is 1.16 bits per heavy atom. The first kappa shape index (κ1) is 18.3. The summed E-state index contributed by atoms with van der Waals surface area (Å²) in [5, 5.41) is 21.6. The van der Waals surface area contributed by atoms with Crippen molar-refractivity contribution in [1.29, 1.82) is 0 Å². The Morgan fingerprint density at radius 2 is 1.84 bits per heavy atom. The Balaban J connectivity index is 1.73. The summed E-state index contributed by atoms with van der Waals surface area (Å²) in [6, 6.07) is 17.5. The Hall–Kier alpha value is -1.53. The van der Waals surface area contributed by atoms with Gasteiger partial charge in [-0.1, -0.05) is 42.1 Å². The molecule has 1 saturated heterocycles. The van der Waals surface area contributed by atoms with Gasteiger partial charge in [0.2, 0.25) is 0 Å². The second kappa shape index (κ2) is 7.79. The van der Waals surface area contributed by atoms with Crippen LogP contribution >= 0.6 is 11.8 Å². The molecular formula is C20H24O4S. The van der Waals surface area contributed by atoms with E-state index in [0.717, 1.165) is 16.2 Å². The van der Waals surface area contributed by atoms with Gasteiger partial charge in [0.15, 0.2) is 0 Å². The molecule has 2 aromatic rings. The molecule has 0 bridgehead atoms. The molecule has 2 aromatic carbocycles. The summed E-state index contributed by atoms with van der Waals surface area (Å²) in [5.74, 6) is 0.804. The van der Waals surface area contributed by atoms with Gasteiger partial charge in [0.25, 0.3) is 0 Å². The van der Waals surface area contributed by atoms with Crippen LogP contribution in [0.15, 0.2) is 59.5 Å². The van der Waals surface area contributed by atoms with Crippen LogP contribution in [-0.2, 0) is 11.2 Å². The standard InChI is InChI=1S/C20H24O4S/c1-14-19(21)20(22,12-15-6-4-3-5-7-15)13-18(24-14)25-17-10-8-16(23-2)9-11-17/h3-11,14,18-19,21-22H,12-13H2,1-2H3/t14-,18+,19+,20-/m1/s1. The quantitative estimate of drug-likeness (QED) is 0.857. The van der Waals surface area contributed by atoms with E-state index < -0.39 is 17.8 Å². The number of benzene rings is 2. The smallest absolute Gasteiger partial charge is 0.118 e. The number of hydrogen-bond acceptors (Lipinski definition) is 5. The van der Waals surface area contributed by atoms with E-state index >= 15 is 0 Å². The van der Waals surface area contributed by atoms with Gasteiger partial charge in [-0.15, -0.1) is 0 Å². The van der Waals surface area contributed by atoms with Crippen LogP contribution < -0.4 is 4.74 Å². The third-order valence-corrected chi connectivity index (χ3v) is 5.65. The molecule has 0 amide bonds. The minimum absolute atomic E-state index is 0.222. The van der Waals surface area contributed by atoms with Crippen LogP contribution in [-0.4, -0.2) is 40.6 Å². The molecule has 134 valence electrons. The first-order valence-electron chi connectivity index (χ1n) is 8.41. The summed E-state index contributed by atoms with van der Waals surface area (Å²) >= 11 is 1.55. The van der Waals surface area contributed by atoms with E-state index in [1.165, 1.54) is 0 Å². The van der Waals surface area contributed by atoms with E-state index in [0.29, 0.717) is 12.8 Å². The number of rotatable bonds is 5. The van der Waals surface area contributed by atoms with Gasteiger partial charge >= 0.3 is 0 Å². The van der Waals surface area contributed by atoms with E-state index in [4.69, 9.17) is 9.47 Å². The van der Waals surface area contributed by atoms with Gasteiger partial charge in [-0.05, 0) is 36.8 Å². The topological polar surface area (TPSA) is 58.9 Å². The van der Waals surface area contributed by atoms with Crippen molar-refractivity contribution in [3.63, 3.8) is 0 Å². The maximum Gasteiger partial charge on any atom is 0.118 e. The molecule has 4 nitrogen and oxygen atoms in total. The van der Waals surface area contributed by atoms with Crippen molar-refractivity contribution in [3.05, 3.63) is 60.2 Å². The summed E-state index contributed by atoms with van der Waals surface area (Å²) in [4.78, 5) is 1.04. The van der Waals surface area contributed by atoms with Gasteiger partial charge in [0.1, 0.15) is 22.9 Å². The summed E-state index contributed by atoms with van der Waals surface area (Å²) in [6.07, 6.45) is -0.578. The predicted octanol–water partition coefficient (Wildman–Crippen LogP) is 3.26. The summed E-state index contributed by atoms with van der Waals surface area (Å²) < 4.78 is 11.1. The molecule has 3 rings (SSSR count). The first-order valence-corrected chi connectivity index (χ1v) is 9.29. The van der Waals surface area contributed by atoms with Gasteiger partial charge in [0.05, 0.1) is 13.2 Å². The SMILES string of the molecule is COc1ccc(S[C@H]2C[C@](O)(Cc3ccccc3)[C@@H](O)[C@@H](C)O2)cc1. The molecule has 1 aliphatic heterocycles. The highest BCUT2D eigenvalue weighted by molar-refractivity contribution is 7.99. The minimum Gasteiger partial charge on any atom is -0.497 e. The Kier molecular flexibility index (Phi) is 5.69. The number of thioether (sulfide) groups is 1.